The second-order valence-corrected chi connectivity index (χ2v) is 7.55. The average Bonchev–Trinajstić information content (AvgIpc) is 3.10. The summed E-state index contributed by atoms with van der Waals surface area (Å²) in [5, 5.41) is 20.7. The molecule has 1 aliphatic rings. The molecule has 1 fully saturated rings. The number of methoxy groups -OCH3 is 1. The van der Waals surface area contributed by atoms with Gasteiger partial charge >= 0.3 is 5.97 Å². The van der Waals surface area contributed by atoms with Gasteiger partial charge in [0.2, 0.25) is 0 Å². The van der Waals surface area contributed by atoms with Gasteiger partial charge in [-0.2, -0.15) is 0 Å². The number of aliphatic hydroxyl groups is 1. The maximum atomic E-state index is 13.1. The molecular formula is C26H21NO6. The number of carbonyl (C=O) groups excluding carboxylic acids is 3. The standard InChI is InChI=1S/C26H21NO6/c1-33-21(29)15-16-7-11-19(12-8-16)27-23(17-9-13-20(28)14-10-17)22(25(31)26(27)32)24(30)18-5-3-2-4-6-18/h2-14,23,28,30H,15H2,1H3/b24-22+. The lowest BCUT2D eigenvalue weighted by Crippen LogP contribution is -2.29. The molecule has 4 rings (SSSR count). The van der Waals surface area contributed by atoms with Gasteiger partial charge in [0, 0.05) is 11.3 Å². The van der Waals surface area contributed by atoms with Crippen LogP contribution in [-0.4, -0.2) is 35.0 Å². The maximum Gasteiger partial charge on any atom is 0.309 e. The van der Waals surface area contributed by atoms with Crippen LogP contribution in [0.1, 0.15) is 22.7 Å². The molecule has 166 valence electrons. The fourth-order valence-electron chi connectivity index (χ4n) is 3.84. The lowest BCUT2D eigenvalue weighted by molar-refractivity contribution is -0.139. The van der Waals surface area contributed by atoms with E-state index in [1.807, 2.05) is 0 Å². The van der Waals surface area contributed by atoms with E-state index in [1.165, 1.54) is 24.1 Å². The van der Waals surface area contributed by atoms with Crippen LogP contribution >= 0.6 is 0 Å². The van der Waals surface area contributed by atoms with Crippen LogP contribution in [0.4, 0.5) is 5.69 Å². The lowest BCUT2D eigenvalue weighted by Gasteiger charge is -2.25. The van der Waals surface area contributed by atoms with E-state index in [0.29, 0.717) is 22.4 Å². The van der Waals surface area contributed by atoms with Crippen LogP contribution in [-0.2, 0) is 25.5 Å². The second-order valence-electron chi connectivity index (χ2n) is 7.55. The van der Waals surface area contributed by atoms with Crippen LogP contribution in [0.3, 0.4) is 0 Å². The van der Waals surface area contributed by atoms with Crippen molar-refractivity contribution in [1.29, 1.82) is 0 Å². The number of ketones is 1. The maximum absolute atomic E-state index is 13.1. The third kappa shape index (κ3) is 4.21. The van der Waals surface area contributed by atoms with Crippen LogP contribution in [0.2, 0.25) is 0 Å². The number of phenolic OH excluding ortho intramolecular Hbond substituents is 1. The Morgan fingerprint density at radius 1 is 0.939 bits per heavy atom. The minimum Gasteiger partial charge on any atom is -0.508 e. The van der Waals surface area contributed by atoms with E-state index in [0.717, 1.165) is 0 Å². The fourth-order valence-corrected chi connectivity index (χ4v) is 3.84. The predicted molar refractivity (Wildman–Crippen MR) is 121 cm³/mol. The Bertz CT molecular complexity index is 1230. The van der Waals surface area contributed by atoms with E-state index in [9.17, 15) is 24.6 Å². The number of Topliss-reactive ketones (excluding diaryl/α,β-unsaturated/α-hetero) is 1. The van der Waals surface area contributed by atoms with E-state index in [4.69, 9.17) is 0 Å². The Balaban J connectivity index is 1.83. The van der Waals surface area contributed by atoms with Gasteiger partial charge in [-0.3, -0.25) is 19.3 Å². The van der Waals surface area contributed by atoms with E-state index >= 15 is 0 Å². The van der Waals surface area contributed by atoms with Crippen molar-refractivity contribution in [3.05, 3.63) is 101 Å². The third-order valence-corrected chi connectivity index (χ3v) is 5.49. The number of amides is 1. The molecule has 1 atom stereocenters. The molecule has 1 heterocycles. The van der Waals surface area contributed by atoms with Crippen molar-refractivity contribution in [1.82, 2.24) is 0 Å². The molecule has 3 aromatic carbocycles. The summed E-state index contributed by atoms with van der Waals surface area (Å²) in [5.74, 6) is -2.24. The number of hydrogen-bond donors (Lipinski definition) is 2. The molecule has 3 aromatic rings. The van der Waals surface area contributed by atoms with Crippen molar-refractivity contribution in [2.45, 2.75) is 12.5 Å². The number of nitrogens with zero attached hydrogens (tertiary/aromatic N) is 1. The summed E-state index contributed by atoms with van der Waals surface area (Å²) >= 11 is 0. The van der Waals surface area contributed by atoms with Gasteiger partial charge in [-0.05, 0) is 35.4 Å². The van der Waals surface area contributed by atoms with E-state index in [2.05, 4.69) is 4.74 Å². The zero-order valence-corrected chi connectivity index (χ0v) is 17.8. The highest BCUT2D eigenvalue weighted by Gasteiger charge is 2.46. The van der Waals surface area contributed by atoms with Crippen molar-refractivity contribution in [2.24, 2.45) is 0 Å². The topological polar surface area (TPSA) is 104 Å². The van der Waals surface area contributed by atoms with Crippen LogP contribution in [0.25, 0.3) is 5.76 Å². The number of esters is 1. The first-order valence-electron chi connectivity index (χ1n) is 10.2. The monoisotopic (exact) mass is 443 g/mol. The number of hydrogen-bond acceptors (Lipinski definition) is 6. The van der Waals surface area contributed by atoms with Gasteiger partial charge in [-0.1, -0.05) is 54.6 Å². The highest BCUT2D eigenvalue weighted by atomic mass is 16.5. The van der Waals surface area contributed by atoms with Crippen molar-refractivity contribution in [2.75, 3.05) is 12.0 Å². The van der Waals surface area contributed by atoms with Gasteiger partial charge in [0.1, 0.15) is 11.5 Å². The molecule has 0 bridgehead atoms. The zero-order chi connectivity index (χ0) is 23.5. The molecule has 1 saturated heterocycles. The van der Waals surface area contributed by atoms with E-state index < -0.39 is 23.7 Å². The molecule has 7 heteroatoms. The summed E-state index contributed by atoms with van der Waals surface area (Å²) in [6, 6.07) is 20.4. The van der Waals surface area contributed by atoms with Crippen molar-refractivity contribution in [3.63, 3.8) is 0 Å². The SMILES string of the molecule is COC(=O)Cc1ccc(N2C(=O)C(=O)/C(=C(/O)c3ccccc3)C2c2ccc(O)cc2)cc1. The van der Waals surface area contributed by atoms with Gasteiger partial charge in [0.05, 0.1) is 25.1 Å². The molecule has 0 spiro atoms. The van der Waals surface area contributed by atoms with Crippen LogP contribution in [0.15, 0.2) is 84.4 Å². The molecule has 1 amide bonds. The number of anilines is 1. The van der Waals surface area contributed by atoms with Gasteiger partial charge < -0.3 is 14.9 Å². The first-order valence-corrected chi connectivity index (χ1v) is 10.2. The fraction of sp³-hybridized carbons (Fsp3) is 0.115. The molecule has 7 nitrogen and oxygen atoms in total. The molecule has 33 heavy (non-hydrogen) atoms. The Morgan fingerprint density at radius 2 is 1.58 bits per heavy atom. The van der Waals surface area contributed by atoms with Gasteiger partial charge in [-0.15, -0.1) is 0 Å². The number of aliphatic hydroxyl groups excluding tert-OH is 1. The van der Waals surface area contributed by atoms with Crippen molar-refractivity contribution in [3.8, 4) is 5.75 Å². The van der Waals surface area contributed by atoms with Crippen molar-refractivity contribution < 1.29 is 29.3 Å². The first kappa shape index (κ1) is 21.8. The van der Waals surface area contributed by atoms with Crippen LogP contribution < -0.4 is 4.90 Å². The lowest BCUT2D eigenvalue weighted by atomic mass is 9.95. The zero-order valence-electron chi connectivity index (χ0n) is 17.8. The Hall–Kier alpha value is -4.39. The normalized spacial score (nSPS) is 17.2. The molecule has 1 aliphatic heterocycles. The average molecular weight is 443 g/mol. The summed E-state index contributed by atoms with van der Waals surface area (Å²) in [5.41, 5.74) is 2.02. The Kier molecular flexibility index (Phi) is 5.95. The van der Waals surface area contributed by atoms with E-state index in [-0.39, 0.29) is 23.5 Å². The van der Waals surface area contributed by atoms with E-state index in [1.54, 1.807) is 66.7 Å². The molecule has 0 radical (unpaired) electrons. The summed E-state index contributed by atoms with van der Waals surface area (Å²) in [4.78, 5) is 39.1. The highest BCUT2D eigenvalue weighted by Crippen LogP contribution is 2.42. The minimum absolute atomic E-state index is 0.0333. The Labute approximate surface area is 190 Å². The number of ether oxygens (including phenoxy) is 1. The van der Waals surface area contributed by atoms with Crippen LogP contribution in [0.5, 0.6) is 5.75 Å². The summed E-state index contributed by atoms with van der Waals surface area (Å²) in [6.45, 7) is 0. The Morgan fingerprint density at radius 3 is 2.18 bits per heavy atom. The smallest absolute Gasteiger partial charge is 0.309 e. The summed E-state index contributed by atoms with van der Waals surface area (Å²) in [7, 11) is 1.31. The third-order valence-electron chi connectivity index (χ3n) is 5.49. The first-order chi connectivity index (χ1) is 15.9. The number of aromatic hydroxyl groups is 1. The molecule has 2 N–H and O–H groups in total. The quantitative estimate of drug-likeness (QED) is 0.270. The summed E-state index contributed by atoms with van der Waals surface area (Å²) < 4.78 is 4.68. The number of phenols is 1. The number of carbonyl (C=O) groups is 3. The molecular weight excluding hydrogens is 422 g/mol. The number of benzene rings is 3. The predicted octanol–water partition coefficient (Wildman–Crippen LogP) is 3.73. The van der Waals surface area contributed by atoms with Gasteiger partial charge in [0.25, 0.3) is 11.7 Å². The highest BCUT2D eigenvalue weighted by molar-refractivity contribution is 6.51. The largest absolute Gasteiger partial charge is 0.508 e. The minimum atomic E-state index is -0.905. The molecule has 0 aromatic heterocycles. The molecule has 0 aliphatic carbocycles. The van der Waals surface area contributed by atoms with Gasteiger partial charge in [-0.25, -0.2) is 0 Å². The summed E-state index contributed by atoms with van der Waals surface area (Å²) in [6.07, 6.45) is 0.0744. The van der Waals surface area contributed by atoms with Crippen molar-refractivity contribution >= 4 is 29.1 Å². The van der Waals surface area contributed by atoms with Crippen LogP contribution in [0, 0.1) is 0 Å². The second kappa shape index (κ2) is 9.00. The number of rotatable bonds is 5. The molecule has 0 saturated carbocycles. The van der Waals surface area contributed by atoms with Gasteiger partial charge in [0.15, 0.2) is 0 Å². The molecule has 1 unspecified atom stereocenters.